The number of carbonyl (C=O) groups is 2. The molecule has 1 amide bonds. The van der Waals surface area contributed by atoms with Gasteiger partial charge >= 0.3 is 5.97 Å². The van der Waals surface area contributed by atoms with Crippen LogP contribution >= 0.6 is 0 Å². The third kappa shape index (κ3) is 2.70. The molecule has 0 saturated carbocycles. The van der Waals surface area contributed by atoms with Crippen LogP contribution in [0.5, 0.6) is 0 Å². The van der Waals surface area contributed by atoms with Gasteiger partial charge in [-0.05, 0) is 18.1 Å². The lowest BCUT2D eigenvalue weighted by molar-refractivity contribution is -0.144. The van der Waals surface area contributed by atoms with Crippen LogP contribution in [0, 0.1) is 0 Å². The maximum Gasteiger partial charge on any atom is 0.308 e. The van der Waals surface area contributed by atoms with Gasteiger partial charge in [0.05, 0.1) is 19.1 Å². The first kappa shape index (κ1) is 12.6. The van der Waals surface area contributed by atoms with Crippen LogP contribution in [0.3, 0.4) is 0 Å². The third-order valence-electron chi connectivity index (χ3n) is 3.02. The van der Waals surface area contributed by atoms with Crippen molar-refractivity contribution in [3.63, 3.8) is 0 Å². The van der Waals surface area contributed by atoms with E-state index < -0.39 is 0 Å². The zero-order valence-electron chi connectivity index (χ0n) is 10.4. The number of fused-ring (bicyclic) bond motifs is 1. The fourth-order valence-corrected chi connectivity index (χ4v) is 2.04. The number of ether oxygens (including phenoxy) is 1. The largest absolute Gasteiger partial charge is 0.466 e. The van der Waals surface area contributed by atoms with Crippen molar-refractivity contribution in [3.8, 4) is 0 Å². The van der Waals surface area contributed by atoms with Crippen LogP contribution in [0.4, 0.5) is 0 Å². The van der Waals surface area contributed by atoms with Crippen molar-refractivity contribution in [2.75, 3.05) is 6.61 Å². The number of hydrogen-bond donors (Lipinski definition) is 1. The summed E-state index contributed by atoms with van der Waals surface area (Å²) in [6.45, 7) is 2.50. The number of amides is 1. The number of nitrogens with one attached hydrogen (secondary N) is 1. The van der Waals surface area contributed by atoms with Crippen molar-refractivity contribution in [2.24, 2.45) is 0 Å². The van der Waals surface area contributed by atoms with E-state index in [4.69, 9.17) is 4.74 Å². The van der Waals surface area contributed by atoms with Crippen molar-refractivity contribution in [1.82, 2.24) is 5.32 Å². The molecule has 1 aliphatic rings. The number of benzene rings is 1. The molecular weight excluding hydrogens is 230 g/mol. The van der Waals surface area contributed by atoms with E-state index in [1.807, 2.05) is 25.1 Å². The molecule has 1 aromatic rings. The summed E-state index contributed by atoms with van der Waals surface area (Å²) in [7, 11) is 0. The molecule has 0 aliphatic carbocycles. The fourth-order valence-electron chi connectivity index (χ4n) is 2.04. The van der Waals surface area contributed by atoms with E-state index in [0.717, 1.165) is 18.4 Å². The monoisotopic (exact) mass is 247 g/mol. The molecule has 0 radical (unpaired) electrons. The normalized spacial score (nSPS) is 17.2. The Kier molecular flexibility index (Phi) is 3.97. The summed E-state index contributed by atoms with van der Waals surface area (Å²) in [6.07, 6.45) is 2.07. The minimum absolute atomic E-state index is 0.114. The second-order valence-electron chi connectivity index (χ2n) is 4.39. The SMILES string of the molecule is CCCCOC(=O)CC1NC(=O)c2ccccc21. The molecule has 1 N–H and O–H groups in total. The minimum Gasteiger partial charge on any atom is -0.466 e. The molecule has 0 aromatic heterocycles. The maximum absolute atomic E-state index is 11.7. The van der Waals surface area contributed by atoms with Crippen LogP contribution in [-0.4, -0.2) is 18.5 Å². The molecule has 1 atom stereocenters. The Morgan fingerprint density at radius 2 is 2.17 bits per heavy atom. The number of esters is 1. The van der Waals surface area contributed by atoms with E-state index in [1.54, 1.807) is 6.07 Å². The quantitative estimate of drug-likeness (QED) is 0.641. The predicted molar refractivity (Wildman–Crippen MR) is 67.1 cm³/mol. The molecule has 1 aliphatic heterocycles. The second kappa shape index (κ2) is 5.67. The van der Waals surface area contributed by atoms with Crippen LogP contribution in [0.25, 0.3) is 0 Å². The van der Waals surface area contributed by atoms with Crippen molar-refractivity contribution in [2.45, 2.75) is 32.2 Å². The maximum atomic E-state index is 11.7. The first-order valence-electron chi connectivity index (χ1n) is 6.27. The number of hydrogen-bond acceptors (Lipinski definition) is 3. The summed E-state index contributed by atoms with van der Waals surface area (Å²) in [6, 6.07) is 7.09. The van der Waals surface area contributed by atoms with E-state index in [0.29, 0.717) is 12.2 Å². The molecule has 0 saturated heterocycles. The molecule has 1 heterocycles. The summed E-state index contributed by atoms with van der Waals surface area (Å²) in [5.74, 6) is -0.373. The average molecular weight is 247 g/mol. The lowest BCUT2D eigenvalue weighted by atomic mass is 10.0. The van der Waals surface area contributed by atoms with Crippen LogP contribution < -0.4 is 5.32 Å². The smallest absolute Gasteiger partial charge is 0.308 e. The van der Waals surface area contributed by atoms with Gasteiger partial charge in [-0.2, -0.15) is 0 Å². The second-order valence-corrected chi connectivity index (χ2v) is 4.39. The first-order valence-corrected chi connectivity index (χ1v) is 6.27. The van der Waals surface area contributed by atoms with E-state index in [1.165, 1.54) is 0 Å². The molecule has 18 heavy (non-hydrogen) atoms. The highest BCUT2D eigenvalue weighted by Crippen LogP contribution is 2.27. The Hall–Kier alpha value is -1.84. The lowest BCUT2D eigenvalue weighted by Gasteiger charge is -2.11. The standard InChI is InChI=1S/C14H17NO3/c1-2-3-8-18-13(16)9-12-10-6-4-5-7-11(10)14(17)15-12/h4-7,12H,2-3,8-9H2,1H3,(H,15,17). The Balaban J connectivity index is 1.96. The van der Waals surface area contributed by atoms with E-state index in [2.05, 4.69) is 5.32 Å². The summed E-state index contributed by atoms with van der Waals surface area (Å²) in [5, 5.41) is 2.80. The van der Waals surface area contributed by atoms with Crippen molar-refractivity contribution >= 4 is 11.9 Å². The Morgan fingerprint density at radius 3 is 2.94 bits per heavy atom. The van der Waals surface area contributed by atoms with Crippen molar-refractivity contribution < 1.29 is 14.3 Å². The zero-order valence-corrected chi connectivity index (χ0v) is 10.4. The Labute approximate surface area is 106 Å². The molecular formula is C14H17NO3. The van der Waals surface area contributed by atoms with Crippen LogP contribution in [0.15, 0.2) is 24.3 Å². The van der Waals surface area contributed by atoms with Crippen molar-refractivity contribution in [3.05, 3.63) is 35.4 Å². The van der Waals surface area contributed by atoms with Gasteiger partial charge in [-0.25, -0.2) is 0 Å². The number of rotatable bonds is 5. The molecule has 0 bridgehead atoms. The van der Waals surface area contributed by atoms with Crippen LogP contribution in [0.1, 0.15) is 48.1 Å². The molecule has 4 heteroatoms. The first-order chi connectivity index (χ1) is 8.72. The molecule has 0 fully saturated rings. The summed E-state index contributed by atoms with van der Waals surface area (Å²) < 4.78 is 5.10. The minimum atomic E-state index is -0.259. The topological polar surface area (TPSA) is 55.4 Å². The third-order valence-corrected chi connectivity index (χ3v) is 3.02. The van der Waals surface area contributed by atoms with Crippen molar-refractivity contribution in [1.29, 1.82) is 0 Å². The molecule has 96 valence electrons. The van der Waals surface area contributed by atoms with E-state index in [9.17, 15) is 9.59 Å². The summed E-state index contributed by atoms with van der Waals surface area (Å²) in [4.78, 5) is 23.3. The molecule has 2 rings (SSSR count). The van der Waals surface area contributed by atoms with Gasteiger partial charge in [0.2, 0.25) is 0 Å². The van der Waals surface area contributed by atoms with Gasteiger partial charge in [0.15, 0.2) is 0 Å². The number of unbranched alkanes of at least 4 members (excludes halogenated alkanes) is 1. The van der Waals surface area contributed by atoms with E-state index in [-0.39, 0.29) is 24.3 Å². The highest BCUT2D eigenvalue weighted by atomic mass is 16.5. The molecule has 1 unspecified atom stereocenters. The van der Waals surface area contributed by atoms with Gasteiger partial charge in [-0.1, -0.05) is 31.5 Å². The molecule has 4 nitrogen and oxygen atoms in total. The molecule has 1 aromatic carbocycles. The van der Waals surface area contributed by atoms with Crippen LogP contribution in [0.2, 0.25) is 0 Å². The van der Waals surface area contributed by atoms with Gasteiger partial charge < -0.3 is 10.1 Å². The zero-order chi connectivity index (χ0) is 13.0. The summed E-state index contributed by atoms with van der Waals surface area (Å²) in [5.41, 5.74) is 1.54. The lowest BCUT2D eigenvalue weighted by Crippen LogP contribution is -2.22. The van der Waals surface area contributed by atoms with Gasteiger partial charge in [0, 0.05) is 5.56 Å². The summed E-state index contributed by atoms with van der Waals surface area (Å²) >= 11 is 0. The Bertz CT molecular complexity index is 456. The van der Waals surface area contributed by atoms with Gasteiger partial charge in [0.1, 0.15) is 0 Å². The van der Waals surface area contributed by atoms with Crippen LogP contribution in [-0.2, 0) is 9.53 Å². The highest BCUT2D eigenvalue weighted by Gasteiger charge is 2.29. The van der Waals surface area contributed by atoms with Gasteiger partial charge in [-0.3, -0.25) is 9.59 Å². The van der Waals surface area contributed by atoms with E-state index >= 15 is 0 Å². The fraction of sp³-hybridized carbons (Fsp3) is 0.429. The average Bonchev–Trinajstić information content (AvgIpc) is 2.67. The predicted octanol–water partition coefficient (Wildman–Crippen LogP) is 2.20. The number of carbonyl (C=O) groups excluding carboxylic acids is 2. The Morgan fingerprint density at radius 1 is 1.39 bits per heavy atom. The highest BCUT2D eigenvalue weighted by molar-refractivity contribution is 5.99. The van der Waals surface area contributed by atoms with Gasteiger partial charge in [0.25, 0.3) is 5.91 Å². The molecule has 0 spiro atoms. The van der Waals surface area contributed by atoms with Gasteiger partial charge in [-0.15, -0.1) is 0 Å².